The number of benzene rings is 1. The van der Waals surface area contributed by atoms with Crippen LogP contribution in [0.4, 0.5) is 0 Å². The Bertz CT molecular complexity index is 329. The Balaban J connectivity index is 2.58. The smallest absolute Gasteiger partial charge is 0.155 e. The van der Waals surface area contributed by atoms with Gasteiger partial charge in [-0.15, -0.1) is 0 Å². The van der Waals surface area contributed by atoms with Crippen LogP contribution in [-0.4, -0.2) is 6.10 Å². The van der Waals surface area contributed by atoms with Crippen molar-refractivity contribution in [3.05, 3.63) is 34.9 Å². The van der Waals surface area contributed by atoms with Gasteiger partial charge in [0.15, 0.2) is 0 Å². The van der Waals surface area contributed by atoms with Crippen molar-refractivity contribution in [2.45, 2.75) is 25.9 Å². The molecule has 0 fully saturated rings. The van der Waals surface area contributed by atoms with Crippen LogP contribution in [0.5, 0.6) is 0 Å². The second-order valence-electron chi connectivity index (χ2n) is 3.20. The Labute approximate surface area is 107 Å². The van der Waals surface area contributed by atoms with Crippen molar-refractivity contribution in [1.82, 2.24) is 0 Å². The van der Waals surface area contributed by atoms with E-state index in [4.69, 9.17) is 27.9 Å². The molecule has 0 heterocycles. The van der Waals surface area contributed by atoms with E-state index in [-0.39, 0.29) is 6.10 Å². The molecule has 0 aromatic heterocycles. The highest BCUT2D eigenvalue weighted by atomic mass is 35.5. The summed E-state index contributed by atoms with van der Waals surface area (Å²) in [4.78, 5) is 0. The maximum Gasteiger partial charge on any atom is 0.411 e. The van der Waals surface area contributed by atoms with Crippen LogP contribution in [0.2, 0.25) is 5.02 Å². The topological polar surface area (TPSA) is 9.23 Å². The van der Waals surface area contributed by atoms with Gasteiger partial charge in [-0.2, -0.15) is 4.52 Å². The minimum Gasteiger partial charge on any atom is -0.155 e. The first kappa shape index (κ1) is 13.4. The molecule has 0 saturated heterocycles. The molecular weight excluding hydrogens is 267 g/mol. The van der Waals surface area contributed by atoms with E-state index in [1.54, 1.807) is 0 Å². The zero-order chi connectivity index (χ0) is 11.3. The third-order valence-corrected chi connectivity index (χ3v) is 3.34. The lowest BCUT2D eigenvalue weighted by Crippen LogP contribution is -2.10. The van der Waals surface area contributed by atoms with E-state index in [9.17, 15) is 0 Å². The van der Waals surface area contributed by atoms with Crippen molar-refractivity contribution in [3.63, 3.8) is 0 Å². The van der Waals surface area contributed by atoms with Crippen LogP contribution in [0, 0.1) is 0 Å². The van der Waals surface area contributed by atoms with Gasteiger partial charge in [0.1, 0.15) is 18.4 Å². The van der Waals surface area contributed by atoms with E-state index < -0.39 is 6.13 Å². The SMILES string of the molecule is CCC(Cc1ccc(Cl)cc1)O[P+](=S)S. The van der Waals surface area contributed by atoms with Gasteiger partial charge in [0, 0.05) is 11.4 Å². The Morgan fingerprint density at radius 1 is 1.47 bits per heavy atom. The first-order valence-electron chi connectivity index (χ1n) is 4.69. The molecule has 15 heavy (non-hydrogen) atoms. The molecule has 1 aromatic rings. The summed E-state index contributed by atoms with van der Waals surface area (Å²) in [6.07, 6.45) is 0.971. The van der Waals surface area contributed by atoms with Gasteiger partial charge in [0.05, 0.1) is 0 Å². The van der Waals surface area contributed by atoms with Crippen LogP contribution < -0.4 is 0 Å². The number of hydrogen-bond acceptors (Lipinski definition) is 2. The zero-order valence-electron chi connectivity index (χ0n) is 8.39. The molecule has 0 spiro atoms. The van der Waals surface area contributed by atoms with E-state index in [0.717, 1.165) is 17.9 Å². The molecule has 0 aliphatic carbocycles. The molecule has 1 aromatic carbocycles. The fourth-order valence-electron chi connectivity index (χ4n) is 1.27. The summed E-state index contributed by atoms with van der Waals surface area (Å²) < 4.78 is 5.54. The van der Waals surface area contributed by atoms with E-state index in [0.29, 0.717) is 0 Å². The van der Waals surface area contributed by atoms with Crippen molar-refractivity contribution in [2.75, 3.05) is 0 Å². The summed E-state index contributed by atoms with van der Waals surface area (Å²) in [5, 5.41) is 0.757. The maximum atomic E-state index is 5.81. The molecule has 5 heteroatoms. The predicted molar refractivity (Wildman–Crippen MR) is 73.6 cm³/mol. The zero-order valence-corrected chi connectivity index (χ0v) is 11.8. The van der Waals surface area contributed by atoms with Crippen LogP contribution in [0.25, 0.3) is 0 Å². The fourth-order valence-corrected chi connectivity index (χ4v) is 2.64. The Hall–Kier alpha value is 0.340. The number of hydrogen-bond donors (Lipinski definition) is 1. The minimum absolute atomic E-state index is 0.160. The van der Waals surface area contributed by atoms with Gasteiger partial charge in [-0.3, -0.25) is 0 Å². The second-order valence-corrected chi connectivity index (χ2v) is 7.22. The molecule has 0 aliphatic heterocycles. The second kappa shape index (κ2) is 6.82. The molecule has 0 saturated carbocycles. The maximum absolute atomic E-state index is 5.81. The molecule has 0 amide bonds. The van der Waals surface area contributed by atoms with Gasteiger partial charge >= 0.3 is 6.13 Å². The lowest BCUT2D eigenvalue weighted by molar-refractivity contribution is 0.232. The average Bonchev–Trinajstić information content (AvgIpc) is 2.19. The average molecular weight is 280 g/mol. The highest BCUT2D eigenvalue weighted by Gasteiger charge is 2.16. The number of halogens is 1. The van der Waals surface area contributed by atoms with Crippen molar-refractivity contribution in [2.24, 2.45) is 0 Å². The predicted octanol–water partition coefficient (Wildman–Crippen LogP) is 4.38. The molecule has 1 nitrogen and oxygen atoms in total. The standard InChI is InChI=1S/C10H12ClOPS2/c1-2-10(12-13(14)15)7-8-3-5-9(11)6-4-8/h3-6,10H,2,7H2,1H3/p+1. The normalized spacial score (nSPS) is 13.7. The summed E-state index contributed by atoms with van der Waals surface area (Å²) in [6.45, 7) is 2.09. The van der Waals surface area contributed by atoms with Gasteiger partial charge in [0.2, 0.25) is 11.8 Å². The monoisotopic (exact) mass is 279 g/mol. The van der Waals surface area contributed by atoms with Crippen molar-refractivity contribution in [1.29, 1.82) is 0 Å². The third-order valence-electron chi connectivity index (χ3n) is 2.07. The summed E-state index contributed by atoms with van der Waals surface area (Å²) in [7, 11) is 0. The summed E-state index contributed by atoms with van der Waals surface area (Å²) >= 11 is 14.9. The Morgan fingerprint density at radius 3 is 2.53 bits per heavy atom. The highest BCUT2D eigenvalue weighted by molar-refractivity contribution is 8.54. The van der Waals surface area contributed by atoms with Crippen molar-refractivity contribution < 1.29 is 4.52 Å². The van der Waals surface area contributed by atoms with Crippen LogP contribution in [-0.2, 0) is 22.8 Å². The van der Waals surface area contributed by atoms with E-state index in [2.05, 4.69) is 19.2 Å². The Kier molecular flexibility index (Phi) is 6.10. The minimum atomic E-state index is -0.996. The lowest BCUT2D eigenvalue weighted by Gasteiger charge is -2.08. The molecule has 2 unspecified atom stereocenters. The van der Waals surface area contributed by atoms with Crippen LogP contribution in [0.3, 0.4) is 0 Å². The van der Waals surface area contributed by atoms with E-state index >= 15 is 0 Å². The van der Waals surface area contributed by atoms with Gasteiger partial charge in [0.25, 0.3) is 0 Å². The molecule has 82 valence electrons. The lowest BCUT2D eigenvalue weighted by atomic mass is 10.1. The largest absolute Gasteiger partial charge is 0.411 e. The first-order valence-corrected chi connectivity index (χ1v) is 8.49. The number of thiol groups is 1. The summed E-state index contributed by atoms with van der Waals surface area (Å²) in [6, 6.07) is 7.80. The Morgan fingerprint density at radius 2 is 2.07 bits per heavy atom. The molecule has 2 atom stereocenters. The molecular formula is C10H13ClOPS2+. The van der Waals surface area contributed by atoms with Crippen molar-refractivity contribution >= 4 is 41.8 Å². The van der Waals surface area contributed by atoms with Crippen molar-refractivity contribution in [3.8, 4) is 0 Å². The van der Waals surface area contributed by atoms with Gasteiger partial charge in [-0.25, -0.2) is 0 Å². The van der Waals surface area contributed by atoms with Crippen LogP contribution in [0.15, 0.2) is 24.3 Å². The molecule has 1 rings (SSSR count). The van der Waals surface area contributed by atoms with Crippen LogP contribution in [0.1, 0.15) is 18.9 Å². The molecule has 0 N–H and O–H groups in total. The van der Waals surface area contributed by atoms with Gasteiger partial charge in [-0.1, -0.05) is 30.7 Å². The summed E-state index contributed by atoms with van der Waals surface area (Å²) in [5.74, 6) is 0. The van der Waals surface area contributed by atoms with Gasteiger partial charge < -0.3 is 0 Å². The first-order chi connectivity index (χ1) is 7.11. The number of rotatable bonds is 5. The van der Waals surface area contributed by atoms with E-state index in [1.807, 2.05) is 24.3 Å². The highest BCUT2D eigenvalue weighted by Crippen LogP contribution is 2.31. The van der Waals surface area contributed by atoms with E-state index in [1.165, 1.54) is 5.56 Å². The molecule has 0 bridgehead atoms. The fraction of sp³-hybridized carbons (Fsp3) is 0.400. The molecule has 0 radical (unpaired) electrons. The molecule has 0 aliphatic rings. The third kappa shape index (κ3) is 5.28. The quantitative estimate of drug-likeness (QED) is 0.633. The summed E-state index contributed by atoms with van der Waals surface area (Å²) in [5.41, 5.74) is 1.21. The van der Waals surface area contributed by atoms with Crippen LogP contribution >= 0.6 is 30.0 Å². The van der Waals surface area contributed by atoms with Gasteiger partial charge in [-0.05, 0) is 24.1 Å².